The van der Waals surface area contributed by atoms with E-state index < -0.39 is 0 Å². The first-order chi connectivity index (χ1) is 16.1. The summed E-state index contributed by atoms with van der Waals surface area (Å²) >= 11 is 0. The molecule has 0 saturated carbocycles. The van der Waals surface area contributed by atoms with Gasteiger partial charge in [0.15, 0.2) is 0 Å². The lowest BCUT2D eigenvalue weighted by atomic mass is 10.0. The number of benzene rings is 4. The highest BCUT2D eigenvalue weighted by Gasteiger charge is 2.20. The second-order valence-electron chi connectivity index (χ2n) is 8.19. The fourth-order valence-electron chi connectivity index (χ4n) is 4.01. The van der Waals surface area contributed by atoms with Crippen molar-refractivity contribution in [3.63, 3.8) is 0 Å². The van der Waals surface area contributed by atoms with Gasteiger partial charge in [-0.3, -0.25) is 9.59 Å². The summed E-state index contributed by atoms with van der Waals surface area (Å²) in [6.07, 6.45) is 0.237. The first-order valence-electron chi connectivity index (χ1n) is 11.3. The van der Waals surface area contributed by atoms with Crippen LogP contribution in [0.4, 0.5) is 0 Å². The number of nitrogens with one attached hydrogen (secondary N) is 1. The van der Waals surface area contributed by atoms with Crippen LogP contribution >= 0.6 is 0 Å². The standard InChI is InChI=1S/C29H28N2O2/c1-22(24-13-6-3-7-14-24)30-28(32)19-20-31(21-23-11-4-2-5-12-23)29(33)27-18-10-16-25-15-8-9-17-26(25)27/h2-18,22H,19-21H2,1H3,(H,30,32). The molecule has 4 heteroatoms. The van der Waals surface area contributed by atoms with Gasteiger partial charge in [0.25, 0.3) is 5.91 Å². The van der Waals surface area contributed by atoms with Gasteiger partial charge in [-0.05, 0) is 34.9 Å². The van der Waals surface area contributed by atoms with Gasteiger partial charge >= 0.3 is 0 Å². The maximum absolute atomic E-state index is 13.6. The smallest absolute Gasteiger partial charge is 0.254 e. The van der Waals surface area contributed by atoms with Crippen molar-refractivity contribution >= 4 is 22.6 Å². The maximum Gasteiger partial charge on any atom is 0.254 e. The fourth-order valence-corrected chi connectivity index (χ4v) is 4.01. The zero-order valence-corrected chi connectivity index (χ0v) is 18.8. The van der Waals surface area contributed by atoms with E-state index in [1.54, 1.807) is 4.90 Å². The van der Waals surface area contributed by atoms with Gasteiger partial charge in [0.1, 0.15) is 0 Å². The molecule has 0 spiro atoms. The summed E-state index contributed by atoms with van der Waals surface area (Å²) in [5.74, 6) is -0.144. The summed E-state index contributed by atoms with van der Waals surface area (Å²) in [6, 6.07) is 33.3. The Balaban J connectivity index is 1.51. The van der Waals surface area contributed by atoms with Crippen molar-refractivity contribution in [3.05, 3.63) is 120 Å². The van der Waals surface area contributed by atoms with Crippen LogP contribution in [0.3, 0.4) is 0 Å². The molecule has 0 fully saturated rings. The number of amides is 2. The highest BCUT2D eigenvalue weighted by atomic mass is 16.2. The van der Waals surface area contributed by atoms with E-state index >= 15 is 0 Å². The molecule has 0 radical (unpaired) electrons. The third-order valence-corrected chi connectivity index (χ3v) is 5.81. The normalized spacial score (nSPS) is 11.7. The van der Waals surface area contributed by atoms with Gasteiger partial charge in [0, 0.05) is 25.1 Å². The second kappa shape index (κ2) is 10.6. The monoisotopic (exact) mass is 436 g/mol. The van der Waals surface area contributed by atoms with Gasteiger partial charge in [-0.1, -0.05) is 97.1 Å². The summed E-state index contributed by atoms with van der Waals surface area (Å²) < 4.78 is 0. The summed E-state index contributed by atoms with van der Waals surface area (Å²) in [4.78, 5) is 28.1. The van der Waals surface area contributed by atoms with E-state index in [9.17, 15) is 9.59 Å². The Morgan fingerprint density at radius 3 is 2.18 bits per heavy atom. The van der Waals surface area contributed by atoms with Crippen LogP contribution in [0.5, 0.6) is 0 Å². The minimum absolute atomic E-state index is 0.0699. The molecule has 2 amide bonds. The Bertz CT molecular complexity index is 1220. The van der Waals surface area contributed by atoms with Crippen LogP contribution in [-0.4, -0.2) is 23.3 Å². The van der Waals surface area contributed by atoms with E-state index in [0.717, 1.165) is 21.9 Å². The molecule has 1 unspecified atom stereocenters. The van der Waals surface area contributed by atoms with E-state index in [0.29, 0.717) is 18.7 Å². The largest absolute Gasteiger partial charge is 0.350 e. The molecule has 4 aromatic rings. The molecule has 0 saturated heterocycles. The van der Waals surface area contributed by atoms with Crippen LogP contribution in [-0.2, 0) is 11.3 Å². The minimum atomic E-state index is -0.0879. The summed E-state index contributed by atoms with van der Waals surface area (Å²) in [5.41, 5.74) is 2.74. The lowest BCUT2D eigenvalue weighted by molar-refractivity contribution is -0.121. The highest BCUT2D eigenvalue weighted by Crippen LogP contribution is 2.21. The molecular formula is C29H28N2O2. The Kier molecular flexibility index (Phi) is 7.16. The average molecular weight is 437 g/mol. The number of nitrogens with zero attached hydrogens (tertiary/aromatic N) is 1. The van der Waals surface area contributed by atoms with Crippen molar-refractivity contribution in [2.45, 2.75) is 25.9 Å². The molecular weight excluding hydrogens is 408 g/mol. The molecule has 1 N–H and O–H groups in total. The van der Waals surface area contributed by atoms with Gasteiger partial charge in [0.2, 0.25) is 5.91 Å². The van der Waals surface area contributed by atoms with E-state index in [-0.39, 0.29) is 24.3 Å². The van der Waals surface area contributed by atoms with Crippen LogP contribution in [0, 0.1) is 0 Å². The van der Waals surface area contributed by atoms with Crippen LogP contribution < -0.4 is 5.32 Å². The van der Waals surface area contributed by atoms with E-state index in [1.807, 2.05) is 110 Å². The Morgan fingerprint density at radius 2 is 1.42 bits per heavy atom. The third kappa shape index (κ3) is 5.66. The zero-order valence-electron chi connectivity index (χ0n) is 18.8. The minimum Gasteiger partial charge on any atom is -0.350 e. The topological polar surface area (TPSA) is 49.4 Å². The van der Waals surface area contributed by atoms with Crippen molar-refractivity contribution < 1.29 is 9.59 Å². The van der Waals surface area contributed by atoms with E-state index in [2.05, 4.69) is 5.32 Å². The Labute approximate surface area is 194 Å². The lowest BCUT2D eigenvalue weighted by Crippen LogP contribution is -2.35. The number of rotatable bonds is 8. The molecule has 0 aliphatic carbocycles. The number of fused-ring (bicyclic) bond motifs is 1. The van der Waals surface area contributed by atoms with Crippen molar-refractivity contribution in [2.75, 3.05) is 6.54 Å². The van der Waals surface area contributed by atoms with E-state index in [4.69, 9.17) is 0 Å². The molecule has 0 aliphatic rings. The number of carbonyl (C=O) groups excluding carboxylic acids is 2. The third-order valence-electron chi connectivity index (χ3n) is 5.81. The molecule has 33 heavy (non-hydrogen) atoms. The van der Waals surface area contributed by atoms with Crippen LogP contribution in [0.15, 0.2) is 103 Å². The molecule has 4 aromatic carbocycles. The molecule has 0 heterocycles. The van der Waals surface area contributed by atoms with Gasteiger partial charge in [-0.2, -0.15) is 0 Å². The highest BCUT2D eigenvalue weighted by molar-refractivity contribution is 6.07. The number of hydrogen-bond acceptors (Lipinski definition) is 2. The molecule has 0 aliphatic heterocycles. The molecule has 0 aromatic heterocycles. The van der Waals surface area contributed by atoms with Crippen LogP contribution in [0.2, 0.25) is 0 Å². The first-order valence-corrected chi connectivity index (χ1v) is 11.3. The quantitative estimate of drug-likeness (QED) is 0.382. The molecule has 4 nitrogen and oxygen atoms in total. The predicted molar refractivity (Wildman–Crippen MR) is 133 cm³/mol. The van der Waals surface area contributed by atoms with E-state index in [1.165, 1.54) is 0 Å². The predicted octanol–water partition coefficient (Wildman–Crippen LogP) is 5.75. The van der Waals surface area contributed by atoms with Crippen LogP contribution in [0.1, 0.15) is 40.9 Å². The van der Waals surface area contributed by atoms with Gasteiger partial charge in [0.05, 0.1) is 6.04 Å². The average Bonchev–Trinajstić information content (AvgIpc) is 2.87. The van der Waals surface area contributed by atoms with Crippen molar-refractivity contribution in [1.82, 2.24) is 10.2 Å². The molecule has 166 valence electrons. The SMILES string of the molecule is CC(NC(=O)CCN(Cc1ccccc1)C(=O)c1cccc2ccccc12)c1ccccc1. The van der Waals surface area contributed by atoms with Crippen molar-refractivity contribution in [1.29, 1.82) is 0 Å². The zero-order chi connectivity index (χ0) is 23.0. The number of hydrogen-bond donors (Lipinski definition) is 1. The molecule has 1 atom stereocenters. The fraction of sp³-hybridized carbons (Fsp3) is 0.172. The number of carbonyl (C=O) groups is 2. The molecule has 4 rings (SSSR count). The van der Waals surface area contributed by atoms with Crippen molar-refractivity contribution in [2.24, 2.45) is 0 Å². The van der Waals surface area contributed by atoms with Gasteiger partial charge in [-0.25, -0.2) is 0 Å². The van der Waals surface area contributed by atoms with Crippen molar-refractivity contribution in [3.8, 4) is 0 Å². The molecule has 0 bridgehead atoms. The van der Waals surface area contributed by atoms with Crippen LogP contribution in [0.25, 0.3) is 10.8 Å². The van der Waals surface area contributed by atoms with Gasteiger partial charge in [-0.15, -0.1) is 0 Å². The maximum atomic E-state index is 13.6. The second-order valence-corrected chi connectivity index (χ2v) is 8.19. The van der Waals surface area contributed by atoms with Gasteiger partial charge < -0.3 is 10.2 Å². The summed E-state index contributed by atoms with van der Waals surface area (Å²) in [7, 11) is 0. The lowest BCUT2D eigenvalue weighted by Gasteiger charge is -2.24. The summed E-state index contributed by atoms with van der Waals surface area (Å²) in [5, 5.41) is 4.99. The first kappa shape index (κ1) is 22.3. The Morgan fingerprint density at radius 1 is 0.788 bits per heavy atom. The Hall–Kier alpha value is -3.92. The summed E-state index contributed by atoms with van der Waals surface area (Å²) in [6.45, 7) is 2.75.